The molecule has 1 aliphatic carbocycles. The summed E-state index contributed by atoms with van der Waals surface area (Å²) in [4.78, 5) is 0. The summed E-state index contributed by atoms with van der Waals surface area (Å²) in [5.74, 6) is 2.91. The van der Waals surface area contributed by atoms with Crippen molar-refractivity contribution in [2.45, 2.75) is 32.2 Å². The Morgan fingerprint density at radius 1 is 1.46 bits per heavy atom. The number of rotatable bonds is 7. The topological polar surface area (TPSA) is 32.3 Å². The maximum Gasteiger partial charge on any atom is 0.0624 e. The Hall–Kier alpha value is 0.270. The normalized spacial score (nSPS) is 21.5. The van der Waals surface area contributed by atoms with E-state index in [0.717, 1.165) is 24.0 Å². The minimum atomic E-state index is 0.0232. The zero-order valence-electron chi connectivity index (χ0n) is 8.68. The standard InChI is InChI=1S/C10H21NOS/c1-3-11-10(7-12,8-13-4-2)9-5-6-9/h9,11-12H,3-8H2,1-2H3. The fourth-order valence-corrected chi connectivity index (χ4v) is 2.81. The molecule has 0 amide bonds. The van der Waals surface area contributed by atoms with Crippen molar-refractivity contribution in [2.75, 3.05) is 24.7 Å². The van der Waals surface area contributed by atoms with Crippen molar-refractivity contribution in [3.63, 3.8) is 0 Å². The Balaban J connectivity index is 2.47. The minimum absolute atomic E-state index is 0.0232. The predicted octanol–water partition coefficient (Wildman–Crippen LogP) is 1.49. The zero-order valence-corrected chi connectivity index (χ0v) is 9.49. The molecule has 3 heteroatoms. The van der Waals surface area contributed by atoms with E-state index in [2.05, 4.69) is 19.2 Å². The maximum absolute atomic E-state index is 9.47. The van der Waals surface area contributed by atoms with Crippen LogP contribution in [0.15, 0.2) is 0 Å². The molecule has 0 heterocycles. The number of hydrogen-bond acceptors (Lipinski definition) is 3. The number of thioether (sulfide) groups is 1. The van der Waals surface area contributed by atoms with E-state index in [1.807, 2.05) is 11.8 Å². The summed E-state index contributed by atoms with van der Waals surface area (Å²) in [6.45, 7) is 5.54. The second-order valence-electron chi connectivity index (χ2n) is 3.76. The van der Waals surface area contributed by atoms with Crippen LogP contribution in [0.5, 0.6) is 0 Å². The van der Waals surface area contributed by atoms with Gasteiger partial charge in [-0.3, -0.25) is 0 Å². The van der Waals surface area contributed by atoms with Crippen molar-refractivity contribution in [3.8, 4) is 0 Å². The van der Waals surface area contributed by atoms with Crippen molar-refractivity contribution < 1.29 is 5.11 Å². The highest BCUT2D eigenvalue weighted by Crippen LogP contribution is 2.41. The van der Waals surface area contributed by atoms with E-state index in [0.29, 0.717) is 6.61 Å². The van der Waals surface area contributed by atoms with Crippen LogP contribution in [0.1, 0.15) is 26.7 Å². The Morgan fingerprint density at radius 2 is 2.15 bits per heavy atom. The number of likely N-dealkylation sites (N-methyl/N-ethyl adjacent to an activating group) is 1. The van der Waals surface area contributed by atoms with Crippen molar-refractivity contribution in [2.24, 2.45) is 5.92 Å². The van der Waals surface area contributed by atoms with Gasteiger partial charge in [-0.2, -0.15) is 11.8 Å². The summed E-state index contributed by atoms with van der Waals surface area (Å²) < 4.78 is 0. The maximum atomic E-state index is 9.47. The lowest BCUT2D eigenvalue weighted by molar-refractivity contribution is 0.161. The van der Waals surface area contributed by atoms with Gasteiger partial charge in [0.15, 0.2) is 0 Å². The number of aliphatic hydroxyl groups excluding tert-OH is 1. The summed E-state index contributed by atoms with van der Waals surface area (Å²) in [6.07, 6.45) is 2.58. The van der Waals surface area contributed by atoms with Gasteiger partial charge in [0, 0.05) is 5.75 Å². The molecule has 0 aromatic carbocycles. The molecule has 1 aliphatic rings. The van der Waals surface area contributed by atoms with Crippen LogP contribution in [0.25, 0.3) is 0 Å². The highest BCUT2D eigenvalue weighted by molar-refractivity contribution is 7.99. The minimum Gasteiger partial charge on any atom is -0.394 e. The molecule has 0 aliphatic heterocycles. The van der Waals surface area contributed by atoms with E-state index in [9.17, 15) is 5.11 Å². The lowest BCUT2D eigenvalue weighted by Gasteiger charge is -2.32. The molecule has 0 saturated heterocycles. The van der Waals surface area contributed by atoms with Gasteiger partial charge in [-0.05, 0) is 31.1 Å². The van der Waals surface area contributed by atoms with Gasteiger partial charge in [0.25, 0.3) is 0 Å². The van der Waals surface area contributed by atoms with Gasteiger partial charge in [0.2, 0.25) is 0 Å². The van der Waals surface area contributed by atoms with Crippen molar-refractivity contribution >= 4 is 11.8 Å². The summed E-state index contributed by atoms with van der Waals surface area (Å²) in [7, 11) is 0. The summed E-state index contributed by atoms with van der Waals surface area (Å²) in [6, 6.07) is 0. The molecule has 1 saturated carbocycles. The molecule has 2 N–H and O–H groups in total. The molecule has 2 nitrogen and oxygen atoms in total. The van der Waals surface area contributed by atoms with E-state index >= 15 is 0 Å². The Morgan fingerprint density at radius 3 is 2.54 bits per heavy atom. The fourth-order valence-electron chi connectivity index (χ4n) is 1.82. The van der Waals surface area contributed by atoms with Gasteiger partial charge in [-0.25, -0.2) is 0 Å². The Labute approximate surface area is 85.5 Å². The van der Waals surface area contributed by atoms with Crippen LogP contribution >= 0.6 is 11.8 Å². The fraction of sp³-hybridized carbons (Fsp3) is 1.00. The van der Waals surface area contributed by atoms with Gasteiger partial charge in [-0.15, -0.1) is 0 Å². The average molecular weight is 203 g/mol. The zero-order chi connectivity index (χ0) is 9.73. The van der Waals surface area contributed by atoms with Crippen LogP contribution in [0, 0.1) is 5.92 Å². The van der Waals surface area contributed by atoms with Gasteiger partial charge in [0.05, 0.1) is 12.1 Å². The number of hydrogen-bond donors (Lipinski definition) is 2. The quantitative estimate of drug-likeness (QED) is 0.657. The van der Waals surface area contributed by atoms with Gasteiger partial charge >= 0.3 is 0 Å². The van der Waals surface area contributed by atoms with E-state index < -0.39 is 0 Å². The van der Waals surface area contributed by atoms with Crippen LogP contribution in [0.2, 0.25) is 0 Å². The predicted molar refractivity (Wildman–Crippen MR) is 59.2 cm³/mol. The summed E-state index contributed by atoms with van der Waals surface area (Å²) in [5.41, 5.74) is 0.0232. The monoisotopic (exact) mass is 203 g/mol. The SMILES string of the molecule is CCNC(CO)(CSCC)C1CC1. The molecule has 0 aromatic heterocycles. The average Bonchev–Trinajstić information content (AvgIpc) is 2.96. The molecule has 0 radical (unpaired) electrons. The lowest BCUT2D eigenvalue weighted by atomic mass is 9.97. The molecule has 1 rings (SSSR count). The van der Waals surface area contributed by atoms with E-state index in [1.54, 1.807) is 0 Å². The molecule has 0 spiro atoms. The van der Waals surface area contributed by atoms with E-state index in [1.165, 1.54) is 12.8 Å². The van der Waals surface area contributed by atoms with Gasteiger partial charge in [0.1, 0.15) is 0 Å². The highest BCUT2D eigenvalue weighted by atomic mass is 32.2. The molecule has 0 bridgehead atoms. The van der Waals surface area contributed by atoms with Crippen molar-refractivity contribution in [1.82, 2.24) is 5.32 Å². The summed E-state index contributed by atoms with van der Waals surface area (Å²) >= 11 is 1.93. The van der Waals surface area contributed by atoms with Crippen molar-refractivity contribution in [1.29, 1.82) is 0 Å². The van der Waals surface area contributed by atoms with Crippen LogP contribution in [-0.4, -0.2) is 35.3 Å². The molecule has 78 valence electrons. The number of aliphatic hydroxyl groups is 1. The van der Waals surface area contributed by atoms with E-state index in [4.69, 9.17) is 0 Å². The molecule has 1 atom stereocenters. The first-order valence-corrected chi connectivity index (χ1v) is 6.38. The third kappa shape index (κ3) is 2.86. The van der Waals surface area contributed by atoms with Crippen LogP contribution in [0.4, 0.5) is 0 Å². The third-order valence-corrected chi connectivity index (χ3v) is 3.86. The van der Waals surface area contributed by atoms with Crippen LogP contribution in [0.3, 0.4) is 0 Å². The molecule has 0 aromatic rings. The largest absolute Gasteiger partial charge is 0.394 e. The molecule has 1 fully saturated rings. The molecular formula is C10H21NOS. The molecule has 1 unspecified atom stereocenters. The third-order valence-electron chi connectivity index (χ3n) is 2.73. The first-order valence-electron chi connectivity index (χ1n) is 5.22. The molecular weight excluding hydrogens is 182 g/mol. The summed E-state index contributed by atoms with van der Waals surface area (Å²) in [5, 5.41) is 12.9. The van der Waals surface area contributed by atoms with Crippen molar-refractivity contribution in [3.05, 3.63) is 0 Å². The Kier molecular flexibility index (Phi) is 4.56. The van der Waals surface area contributed by atoms with E-state index in [-0.39, 0.29) is 5.54 Å². The highest BCUT2D eigenvalue weighted by Gasteiger charge is 2.43. The smallest absolute Gasteiger partial charge is 0.0624 e. The first-order chi connectivity index (χ1) is 6.29. The number of nitrogens with one attached hydrogen (secondary N) is 1. The van der Waals surface area contributed by atoms with Gasteiger partial charge < -0.3 is 10.4 Å². The molecule has 13 heavy (non-hydrogen) atoms. The van der Waals surface area contributed by atoms with Crippen LogP contribution < -0.4 is 5.32 Å². The lowest BCUT2D eigenvalue weighted by Crippen LogP contribution is -2.52. The van der Waals surface area contributed by atoms with Gasteiger partial charge in [-0.1, -0.05) is 13.8 Å². The second kappa shape index (κ2) is 5.23. The second-order valence-corrected chi connectivity index (χ2v) is 5.03. The Bertz CT molecular complexity index is 150. The van der Waals surface area contributed by atoms with Crippen LogP contribution in [-0.2, 0) is 0 Å². The first kappa shape index (κ1) is 11.3.